The Morgan fingerprint density at radius 2 is 1.69 bits per heavy atom. The number of rotatable bonds is 3. The molecule has 0 N–H and O–H groups in total. The second kappa shape index (κ2) is 7.17. The van der Waals surface area contributed by atoms with Crippen molar-refractivity contribution < 1.29 is 4.79 Å². The molecule has 2 heterocycles. The lowest BCUT2D eigenvalue weighted by atomic mass is 10.0. The number of aromatic nitrogens is 1. The standard InChI is InChI=1S/C21H23N3OS/c1-15(2)23-9-11-24(12-10-23)21(25)17-5-3-16(4-6-17)18-7-8-20-19(13-18)22-14-26-20/h3-8,13-15H,9-12H2,1-2H3. The van der Waals surface area contributed by atoms with E-state index in [0.717, 1.165) is 48.4 Å². The van der Waals surface area contributed by atoms with Crippen molar-refractivity contribution in [3.8, 4) is 11.1 Å². The predicted octanol–water partition coefficient (Wildman–Crippen LogP) is 4.13. The normalized spacial score (nSPS) is 15.7. The highest BCUT2D eigenvalue weighted by Crippen LogP contribution is 2.26. The number of hydrogen-bond donors (Lipinski definition) is 0. The number of carbonyl (C=O) groups is 1. The van der Waals surface area contributed by atoms with Crippen LogP contribution in [0.3, 0.4) is 0 Å². The SMILES string of the molecule is CC(C)N1CCN(C(=O)c2ccc(-c3ccc4scnc4c3)cc2)CC1. The van der Waals surface area contributed by atoms with Crippen molar-refractivity contribution in [1.82, 2.24) is 14.8 Å². The zero-order valence-electron chi connectivity index (χ0n) is 15.2. The molecule has 0 radical (unpaired) electrons. The van der Waals surface area contributed by atoms with Crippen LogP contribution >= 0.6 is 11.3 Å². The molecule has 1 aliphatic heterocycles. The van der Waals surface area contributed by atoms with Gasteiger partial charge in [0, 0.05) is 37.8 Å². The fraction of sp³-hybridized carbons (Fsp3) is 0.333. The molecule has 26 heavy (non-hydrogen) atoms. The Balaban J connectivity index is 1.48. The summed E-state index contributed by atoms with van der Waals surface area (Å²) in [6.07, 6.45) is 0. The van der Waals surface area contributed by atoms with Crippen LogP contribution in [0.15, 0.2) is 48.0 Å². The van der Waals surface area contributed by atoms with Crippen molar-refractivity contribution in [2.24, 2.45) is 0 Å². The highest BCUT2D eigenvalue weighted by molar-refractivity contribution is 7.16. The van der Waals surface area contributed by atoms with Crippen molar-refractivity contribution in [1.29, 1.82) is 0 Å². The van der Waals surface area contributed by atoms with Gasteiger partial charge in [0.25, 0.3) is 5.91 Å². The first-order chi connectivity index (χ1) is 12.6. The molecule has 134 valence electrons. The molecule has 0 atom stereocenters. The van der Waals surface area contributed by atoms with Crippen molar-refractivity contribution in [2.45, 2.75) is 19.9 Å². The lowest BCUT2D eigenvalue weighted by Crippen LogP contribution is -2.50. The summed E-state index contributed by atoms with van der Waals surface area (Å²) in [5, 5.41) is 0. The quantitative estimate of drug-likeness (QED) is 0.700. The minimum Gasteiger partial charge on any atom is -0.336 e. The lowest BCUT2D eigenvalue weighted by molar-refractivity contribution is 0.0595. The van der Waals surface area contributed by atoms with E-state index in [2.05, 4.69) is 41.9 Å². The first kappa shape index (κ1) is 17.2. The zero-order chi connectivity index (χ0) is 18.1. The maximum absolute atomic E-state index is 12.8. The van der Waals surface area contributed by atoms with Crippen LogP contribution in [0.2, 0.25) is 0 Å². The third-order valence-electron chi connectivity index (χ3n) is 5.13. The summed E-state index contributed by atoms with van der Waals surface area (Å²) < 4.78 is 1.20. The van der Waals surface area contributed by atoms with Crippen LogP contribution in [0.25, 0.3) is 21.3 Å². The summed E-state index contributed by atoms with van der Waals surface area (Å²) in [6, 6.07) is 14.8. The monoisotopic (exact) mass is 365 g/mol. The molecule has 4 nitrogen and oxygen atoms in total. The number of piperazine rings is 1. The van der Waals surface area contributed by atoms with Gasteiger partial charge in [-0.3, -0.25) is 9.69 Å². The fourth-order valence-electron chi connectivity index (χ4n) is 3.47. The van der Waals surface area contributed by atoms with Gasteiger partial charge in [-0.05, 0) is 49.2 Å². The Bertz CT molecular complexity index is 908. The van der Waals surface area contributed by atoms with E-state index in [4.69, 9.17) is 0 Å². The molecule has 2 aromatic carbocycles. The summed E-state index contributed by atoms with van der Waals surface area (Å²) >= 11 is 1.65. The second-order valence-corrected chi connectivity index (χ2v) is 7.92. The summed E-state index contributed by atoms with van der Waals surface area (Å²) in [7, 11) is 0. The first-order valence-electron chi connectivity index (χ1n) is 9.09. The Hall–Kier alpha value is -2.24. The van der Waals surface area contributed by atoms with Gasteiger partial charge in [-0.1, -0.05) is 18.2 Å². The Labute approximate surface area is 158 Å². The minimum absolute atomic E-state index is 0.134. The Morgan fingerprint density at radius 3 is 2.38 bits per heavy atom. The van der Waals surface area contributed by atoms with Gasteiger partial charge in [-0.15, -0.1) is 11.3 Å². The van der Waals surface area contributed by atoms with Crippen molar-refractivity contribution in [2.75, 3.05) is 26.2 Å². The maximum atomic E-state index is 12.8. The van der Waals surface area contributed by atoms with Crippen molar-refractivity contribution >= 4 is 27.5 Å². The average molecular weight is 366 g/mol. The van der Waals surface area contributed by atoms with Crippen LogP contribution in [0.5, 0.6) is 0 Å². The van der Waals surface area contributed by atoms with E-state index in [1.54, 1.807) is 11.3 Å². The maximum Gasteiger partial charge on any atom is 0.253 e. The van der Waals surface area contributed by atoms with Crippen LogP contribution in [0, 0.1) is 0 Å². The van der Waals surface area contributed by atoms with E-state index >= 15 is 0 Å². The van der Waals surface area contributed by atoms with E-state index in [0.29, 0.717) is 6.04 Å². The number of amides is 1. The van der Waals surface area contributed by atoms with Crippen LogP contribution in [0.1, 0.15) is 24.2 Å². The van der Waals surface area contributed by atoms with Crippen molar-refractivity contribution in [3.63, 3.8) is 0 Å². The molecular formula is C21H23N3OS. The van der Waals surface area contributed by atoms with Crippen LogP contribution < -0.4 is 0 Å². The number of thiazole rings is 1. The van der Waals surface area contributed by atoms with Crippen LogP contribution in [-0.4, -0.2) is 52.9 Å². The van der Waals surface area contributed by atoms with Gasteiger partial charge in [0.15, 0.2) is 0 Å². The van der Waals surface area contributed by atoms with Gasteiger partial charge in [0.2, 0.25) is 0 Å². The molecule has 0 bridgehead atoms. The second-order valence-electron chi connectivity index (χ2n) is 7.03. The molecule has 5 heteroatoms. The molecule has 0 saturated carbocycles. The van der Waals surface area contributed by atoms with Gasteiger partial charge >= 0.3 is 0 Å². The van der Waals surface area contributed by atoms with Gasteiger partial charge in [0.05, 0.1) is 15.7 Å². The topological polar surface area (TPSA) is 36.4 Å². The Kier molecular flexibility index (Phi) is 4.74. The zero-order valence-corrected chi connectivity index (χ0v) is 16.0. The molecule has 0 spiro atoms. The van der Waals surface area contributed by atoms with Crippen molar-refractivity contribution in [3.05, 3.63) is 53.5 Å². The molecule has 1 aromatic heterocycles. The molecule has 4 rings (SSSR count). The number of carbonyl (C=O) groups excluding carboxylic acids is 1. The summed E-state index contributed by atoms with van der Waals surface area (Å²) in [5.41, 5.74) is 5.90. The molecule has 0 aliphatic carbocycles. The van der Waals surface area contributed by atoms with Gasteiger partial charge in [-0.2, -0.15) is 0 Å². The fourth-order valence-corrected chi connectivity index (χ4v) is 4.13. The largest absolute Gasteiger partial charge is 0.336 e. The molecule has 1 saturated heterocycles. The molecule has 0 unspecified atom stereocenters. The lowest BCUT2D eigenvalue weighted by Gasteiger charge is -2.37. The predicted molar refractivity (Wildman–Crippen MR) is 108 cm³/mol. The van der Waals surface area contributed by atoms with Crippen LogP contribution in [0.4, 0.5) is 0 Å². The number of fused-ring (bicyclic) bond motifs is 1. The molecule has 1 fully saturated rings. The van der Waals surface area contributed by atoms with Gasteiger partial charge in [0.1, 0.15) is 0 Å². The number of benzene rings is 2. The summed E-state index contributed by atoms with van der Waals surface area (Å²) in [6.45, 7) is 7.93. The van der Waals surface area contributed by atoms with E-state index < -0.39 is 0 Å². The van der Waals surface area contributed by atoms with E-state index in [1.807, 2.05) is 34.7 Å². The molecule has 1 amide bonds. The Morgan fingerprint density at radius 1 is 1.00 bits per heavy atom. The van der Waals surface area contributed by atoms with Crippen LogP contribution in [-0.2, 0) is 0 Å². The molecule has 1 aliphatic rings. The van der Waals surface area contributed by atoms with Gasteiger partial charge < -0.3 is 4.90 Å². The van der Waals surface area contributed by atoms with E-state index in [9.17, 15) is 4.79 Å². The molecular weight excluding hydrogens is 342 g/mol. The third kappa shape index (κ3) is 3.37. The number of nitrogens with zero attached hydrogens (tertiary/aromatic N) is 3. The van der Waals surface area contributed by atoms with Gasteiger partial charge in [-0.25, -0.2) is 4.98 Å². The first-order valence-corrected chi connectivity index (χ1v) is 9.97. The smallest absolute Gasteiger partial charge is 0.253 e. The highest BCUT2D eigenvalue weighted by atomic mass is 32.1. The average Bonchev–Trinajstić information content (AvgIpc) is 3.15. The summed E-state index contributed by atoms with van der Waals surface area (Å²) in [5.74, 6) is 0.134. The highest BCUT2D eigenvalue weighted by Gasteiger charge is 2.23. The summed E-state index contributed by atoms with van der Waals surface area (Å²) in [4.78, 5) is 21.5. The minimum atomic E-state index is 0.134. The van der Waals surface area contributed by atoms with E-state index in [1.165, 1.54) is 4.70 Å². The van der Waals surface area contributed by atoms with E-state index in [-0.39, 0.29) is 5.91 Å². The third-order valence-corrected chi connectivity index (χ3v) is 5.94. The molecule has 3 aromatic rings. The number of hydrogen-bond acceptors (Lipinski definition) is 4.